The zero-order valence-corrected chi connectivity index (χ0v) is 22.2. The van der Waals surface area contributed by atoms with Gasteiger partial charge in [0.15, 0.2) is 5.16 Å². The molecule has 33 heavy (non-hydrogen) atoms. The molecule has 1 aromatic carbocycles. The average Bonchev–Trinajstić information content (AvgIpc) is 3.16. The van der Waals surface area contributed by atoms with Gasteiger partial charge in [0, 0.05) is 10.6 Å². The first-order chi connectivity index (χ1) is 15.8. The van der Waals surface area contributed by atoms with Crippen LogP contribution in [0.5, 0.6) is 5.75 Å². The summed E-state index contributed by atoms with van der Waals surface area (Å²) in [5.74, 6) is 2.41. The summed E-state index contributed by atoms with van der Waals surface area (Å²) in [7, 11) is 1.66. The number of unbranched alkanes of at least 4 members (excludes halogenated alkanes) is 3. The normalized spacial score (nSPS) is 16.2. The summed E-state index contributed by atoms with van der Waals surface area (Å²) in [6.07, 6.45) is 8.01. The van der Waals surface area contributed by atoms with E-state index in [9.17, 15) is 4.79 Å². The Balaban J connectivity index is 1.78. The Bertz CT molecular complexity index is 1160. The van der Waals surface area contributed by atoms with Crippen molar-refractivity contribution in [3.05, 3.63) is 45.1 Å². The Morgan fingerprint density at radius 1 is 1.18 bits per heavy atom. The fraction of sp³-hybridized carbons (Fsp3) is 0.556. The molecule has 1 aliphatic rings. The molecular weight excluding hydrogens is 448 g/mol. The molecule has 0 saturated heterocycles. The van der Waals surface area contributed by atoms with Gasteiger partial charge in [-0.15, -0.1) is 11.3 Å². The highest BCUT2D eigenvalue weighted by molar-refractivity contribution is 7.99. The van der Waals surface area contributed by atoms with Crippen molar-refractivity contribution in [1.29, 1.82) is 0 Å². The van der Waals surface area contributed by atoms with E-state index in [2.05, 4.69) is 27.7 Å². The SMILES string of the molecule is CCCCCCSc1nc2sc3c(c2c(=O)n1-c1ccc(OC)cc1)CCC(C(C)(C)C)C3. The molecule has 2 heterocycles. The number of aryl methyl sites for hydroxylation is 1. The molecule has 4 rings (SSSR count). The molecule has 0 fully saturated rings. The van der Waals surface area contributed by atoms with Gasteiger partial charge in [0.2, 0.25) is 0 Å². The summed E-state index contributed by atoms with van der Waals surface area (Å²) in [5.41, 5.74) is 2.46. The van der Waals surface area contributed by atoms with Crippen molar-refractivity contribution in [2.75, 3.05) is 12.9 Å². The van der Waals surface area contributed by atoms with Crippen molar-refractivity contribution >= 4 is 33.3 Å². The van der Waals surface area contributed by atoms with Gasteiger partial charge in [-0.05, 0) is 66.8 Å². The van der Waals surface area contributed by atoms with Gasteiger partial charge in [-0.1, -0.05) is 58.7 Å². The van der Waals surface area contributed by atoms with E-state index in [0.29, 0.717) is 5.92 Å². The van der Waals surface area contributed by atoms with Gasteiger partial charge in [-0.25, -0.2) is 4.98 Å². The molecule has 1 atom stereocenters. The number of rotatable bonds is 8. The number of methoxy groups -OCH3 is 1. The number of thioether (sulfide) groups is 1. The molecule has 0 spiro atoms. The van der Waals surface area contributed by atoms with Crippen LogP contribution in [0.1, 0.15) is 70.2 Å². The zero-order valence-electron chi connectivity index (χ0n) is 20.6. The smallest absolute Gasteiger partial charge is 0.267 e. The number of fused-ring (bicyclic) bond motifs is 3. The molecule has 4 nitrogen and oxygen atoms in total. The van der Waals surface area contributed by atoms with Crippen molar-refractivity contribution in [3.8, 4) is 11.4 Å². The van der Waals surface area contributed by atoms with Crippen LogP contribution in [-0.2, 0) is 12.8 Å². The molecule has 0 radical (unpaired) electrons. The van der Waals surface area contributed by atoms with Crippen LogP contribution < -0.4 is 10.3 Å². The first kappa shape index (κ1) is 24.3. The van der Waals surface area contributed by atoms with E-state index in [-0.39, 0.29) is 11.0 Å². The van der Waals surface area contributed by atoms with E-state index in [0.717, 1.165) is 58.2 Å². The summed E-state index contributed by atoms with van der Waals surface area (Å²) in [5, 5.41) is 1.65. The van der Waals surface area contributed by atoms with E-state index in [4.69, 9.17) is 9.72 Å². The quantitative estimate of drug-likeness (QED) is 0.191. The van der Waals surface area contributed by atoms with Crippen LogP contribution in [0, 0.1) is 11.3 Å². The van der Waals surface area contributed by atoms with Crippen molar-refractivity contribution in [1.82, 2.24) is 9.55 Å². The predicted molar refractivity (Wildman–Crippen MR) is 142 cm³/mol. The summed E-state index contributed by atoms with van der Waals surface area (Å²) < 4.78 is 7.16. The second-order valence-corrected chi connectivity index (χ2v) is 12.3. The fourth-order valence-corrected chi connectivity index (χ4v) is 7.05. The van der Waals surface area contributed by atoms with Crippen LogP contribution in [0.4, 0.5) is 0 Å². The third-order valence-electron chi connectivity index (χ3n) is 6.84. The van der Waals surface area contributed by atoms with Gasteiger partial charge in [-0.2, -0.15) is 0 Å². The molecule has 178 valence electrons. The molecule has 2 aromatic heterocycles. The summed E-state index contributed by atoms with van der Waals surface area (Å²) in [6, 6.07) is 7.75. The monoisotopic (exact) mass is 484 g/mol. The van der Waals surface area contributed by atoms with E-state index in [1.54, 1.807) is 30.2 Å². The van der Waals surface area contributed by atoms with Crippen molar-refractivity contribution in [2.24, 2.45) is 11.3 Å². The Kier molecular flexibility index (Phi) is 7.54. The lowest BCUT2D eigenvalue weighted by Crippen LogP contribution is -2.27. The lowest BCUT2D eigenvalue weighted by Gasteiger charge is -2.33. The number of nitrogens with zero attached hydrogens (tertiary/aromatic N) is 2. The van der Waals surface area contributed by atoms with Gasteiger partial charge in [0.25, 0.3) is 5.56 Å². The van der Waals surface area contributed by atoms with Crippen molar-refractivity contribution in [2.45, 2.75) is 77.8 Å². The standard InChI is InChI=1S/C27H36N2O2S2/c1-6-7-8-9-16-32-26-28-24-23(21-15-10-18(27(2,3)4)17-22(21)33-24)25(30)29(26)19-11-13-20(31-5)14-12-19/h11-14,18H,6-10,15-17H2,1-5H3. The molecule has 0 aliphatic heterocycles. The Hall–Kier alpha value is -1.79. The fourth-order valence-electron chi connectivity index (χ4n) is 4.69. The number of thiophene rings is 1. The number of hydrogen-bond donors (Lipinski definition) is 0. The molecule has 0 bridgehead atoms. The van der Waals surface area contributed by atoms with Gasteiger partial charge in [0.05, 0.1) is 18.2 Å². The average molecular weight is 485 g/mol. The maximum atomic E-state index is 13.9. The van der Waals surface area contributed by atoms with Crippen LogP contribution in [0.2, 0.25) is 0 Å². The molecule has 0 amide bonds. The second kappa shape index (κ2) is 10.2. The predicted octanol–water partition coefficient (Wildman–Crippen LogP) is 7.28. The second-order valence-electron chi connectivity index (χ2n) is 10.1. The largest absolute Gasteiger partial charge is 0.497 e. The topological polar surface area (TPSA) is 44.1 Å². The summed E-state index contributed by atoms with van der Waals surface area (Å²) in [6.45, 7) is 9.22. The van der Waals surface area contributed by atoms with Crippen LogP contribution in [0.15, 0.2) is 34.2 Å². The van der Waals surface area contributed by atoms with Crippen LogP contribution >= 0.6 is 23.1 Å². The van der Waals surface area contributed by atoms with Crippen LogP contribution in [0.3, 0.4) is 0 Å². The van der Waals surface area contributed by atoms with Crippen LogP contribution in [0.25, 0.3) is 15.9 Å². The van der Waals surface area contributed by atoms with Gasteiger partial charge < -0.3 is 4.74 Å². The van der Waals surface area contributed by atoms with Crippen molar-refractivity contribution in [3.63, 3.8) is 0 Å². The number of aromatic nitrogens is 2. The Morgan fingerprint density at radius 2 is 1.94 bits per heavy atom. The van der Waals surface area contributed by atoms with Crippen molar-refractivity contribution < 1.29 is 4.74 Å². The van der Waals surface area contributed by atoms with E-state index in [1.807, 2.05) is 28.8 Å². The molecule has 0 N–H and O–H groups in total. The van der Waals surface area contributed by atoms with Gasteiger partial charge >= 0.3 is 0 Å². The zero-order chi connectivity index (χ0) is 23.6. The van der Waals surface area contributed by atoms with E-state index < -0.39 is 0 Å². The van der Waals surface area contributed by atoms with E-state index >= 15 is 0 Å². The lowest BCUT2D eigenvalue weighted by atomic mass is 9.72. The lowest BCUT2D eigenvalue weighted by molar-refractivity contribution is 0.218. The molecule has 6 heteroatoms. The first-order valence-corrected chi connectivity index (χ1v) is 14.0. The summed E-state index contributed by atoms with van der Waals surface area (Å²) >= 11 is 3.46. The highest BCUT2D eigenvalue weighted by Gasteiger charge is 2.32. The highest BCUT2D eigenvalue weighted by Crippen LogP contribution is 2.42. The maximum Gasteiger partial charge on any atom is 0.267 e. The van der Waals surface area contributed by atoms with Crippen LogP contribution in [-0.4, -0.2) is 22.4 Å². The minimum Gasteiger partial charge on any atom is -0.497 e. The third-order valence-corrected chi connectivity index (χ3v) is 9.01. The number of ether oxygens (including phenoxy) is 1. The first-order valence-electron chi connectivity index (χ1n) is 12.2. The molecule has 1 aliphatic carbocycles. The highest BCUT2D eigenvalue weighted by atomic mass is 32.2. The minimum absolute atomic E-state index is 0.0768. The van der Waals surface area contributed by atoms with E-state index in [1.165, 1.54) is 29.7 Å². The maximum absolute atomic E-state index is 13.9. The molecule has 0 saturated carbocycles. The van der Waals surface area contributed by atoms with Gasteiger partial charge in [-0.3, -0.25) is 9.36 Å². The molecular formula is C27H36N2O2S2. The van der Waals surface area contributed by atoms with Gasteiger partial charge in [0.1, 0.15) is 10.6 Å². The number of benzene rings is 1. The molecule has 3 aromatic rings. The third kappa shape index (κ3) is 5.17. The minimum atomic E-state index is 0.0768. The molecule has 1 unspecified atom stereocenters. The number of hydrogen-bond acceptors (Lipinski definition) is 5. The Morgan fingerprint density at radius 3 is 2.61 bits per heavy atom. The Labute approximate surface area is 205 Å². The summed E-state index contributed by atoms with van der Waals surface area (Å²) in [4.78, 5) is 21.3.